The second-order valence-electron chi connectivity index (χ2n) is 5.73. The van der Waals surface area contributed by atoms with Crippen molar-refractivity contribution in [1.29, 1.82) is 0 Å². The lowest BCUT2D eigenvalue weighted by Gasteiger charge is -2.22. The summed E-state index contributed by atoms with van der Waals surface area (Å²) in [6, 6.07) is 0. The Morgan fingerprint density at radius 1 is 1.52 bits per heavy atom. The van der Waals surface area contributed by atoms with Gasteiger partial charge in [-0.05, 0) is 44.2 Å². The molecule has 0 aromatic carbocycles. The Bertz CT molecular complexity index is 447. The maximum atomic E-state index is 12.2. The van der Waals surface area contributed by atoms with E-state index in [1.807, 2.05) is 13.8 Å². The van der Waals surface area contributed by atoms with Gasteiger partial charge in [0.25, 0.3) is 5.91 Å². The van der Waals surface area contributed by atoms with Gasteiger partial charge in [-0.2, -0.15) is 0 Å². The molecule has 5 nitrogen and oxygen atoms in total. The van der Waals surface area contributed by atoms with Gasteiger partial charge in [-0.25, -0.2) is 9.97 Å². The first-order valence-electron chi connectivity index (χ1n) is 7.47. The third-order valence-corrected chi connectivity index (χ3v) is 3.77. The van der Waals surface area contributed by atoms with Gasteiger partial charge in [0, 0.05) is 12.7 Å². The van der Waals surface area contributed by atoms with Crippen LogP contribution < -0.4 is 10.6 Å². The molecule has 0 spiro atoms. The highest BCUT2D eigenvalue weighted by molar-refractivity contribution is 5.95. The van der Waals surface area contributed by atoms with Gasteiger partial charge in [0.1, 0.15) is 6.33 Å². The zero-order valence-electron chi connectivity index (χ0n) is 12.8. The summed E-state index contributed by atoms with van der Waals surface area (Å²) >= 11 is 0. The standard InChI is InChI=1S/C15H24N4O.ClH/c1-11(2)14-13(9-17-10-19-14)15(20)18-7-5-12-4-3-6-16-8-12;/h9-12,16H,3-8H2,1-2H3,(H,18,20);1H. The maximum Gasteiger partial charge on any atom is 0.254 e. The summed E-state index contributed by atoms with van der Waals surface area (Å²) in [5.74, 6) is 0.847. The average molecular weight is 313 g/mol. The van der Waals surface area contributed by atoms with Crippen LogP contribution in [0.1, 0.15) is 55.1 Å². The first-order chi connectivity index (χ1) is 9.68. The van der Waals surface area contributed by atoms with Crippen molar-refractivity contribution in [3.8, 4) is 0 Å². The molecule has 1 unspecified atom stereocenters. The lowest BCUT2D eigenvalue weighted by atomic mass is 9.96. The maximum absolute atomic E-state index is 12.2. The molecule has 1 amide bonds. The van der Waals surface area contributed by atoms with Gasteiger partial charge < -0.3 is 10.6 Å². The molecule has 1 aliphatic rings. The summed E-state index contributed by atoms with van der Waals surface area (Å²) < 4.78 is 0. The molecule has 6 heteroatoms. The smallest absolute Gasteiger partial charge is 0.254 e. The molecule has 1 atom stereocenters. The van der Waals surface area contributed by atoms with Crippen LogP contribution in [0.25, 0.3) is 0 Å². The van der Waals surface area contributed by atoms with Crippen molar-refractivity contribution in [1.82, 2.24) is 20.6 Å². The van der Waals surface area contributed by atoms with Crippen molar-refractivity contribution in [3.63, 3.8) is 0 Å². The number of halogens is 1. The van der Waals surface area contributed by atoms with E-state index in [1.165, 1.54) is 19.2 Å². The molecule has 1 aromatic heterocycles. The van der Waals surface area contributed by atoms with Gasteiger partial charge in [-0.1, -0.05) is 13.8 Å². The monoisotopic (exact) mass is 312 g/mol. The number of rotatable bonds is 5. The Labute approximate surface area is 132 Å². The Morgan fingerprint density at radius 2 is 2.33 bits per heavy atom. The third-order valence-electron chi connectivity index (χ3n) is 3.77. The van der Waals surface area contributed by atoms with Gasteiger partial charge in [0.05, 0.1) is 11.3 Å². The lowest BCUT2D eigenvalue weighted by Crippen LogP contribution is -2.33. The lowest BCUT2D eigenvalue weighted by molar-refractivity contribution is 0.0948. The SMILES string of the molecule is CC(C)c1ncncc1C(=O)NCCC1CCCNC1.Cl. The number of hydrogen-bond donors (Lipinski definition) is 2. The molecule has 1 aliphatic heterocycles. The number of aromatic nitrogens is 2. The number of carbonyl (C=O) groups is 1. The minimum absolute atomic E-state index is 0. The van der Waals surface area contributed by atoms with E-state index in [9.17, 15) is 4.79 Å². The quantitative estimate of drug-likeness (QED) is 0.874. The van der Waals surface area contributed by atoms with E-state index in [0.717, 1.165) is 31.7 Å². The van der Waals surface area contributed by atoms with Crippen LogP contribution in [-0.4, -0.2) is 35.5 Å². The van der Waals surface area contributed by atoms with Crippen LogP contribution in [0, 0.1) is 5.92 Å². The van der Waals surface area contributed by atoms with Crippen LogP contribution in [-0.2, 0) is 0 Å². The van der Waals surface area contributed by atoms with E-state index >= 15 is 0 Å². The topological polar surface area (TPSA) is 66.9 Å². The molecule has 2 heterocycles. The Kier molecular flexibility index (Phi) is 7.61. The van der Waals surface area contributed by atoms with Crippen LogP contribution >= 0.6 is 12.4 Å². The van der Waals surface area contributed by atoms with Crippen molar-refractivity contribution >= 4 is 18.3 Å². The van der Waals surface area contributed by atoms with Gasteiger partial charge in [0.15, 0.2) is 0 Å². The molecule has 2 N–H and O–H groups in total. The van der Waals surface area contributed by atoms with Crippen molar-refractivity contribution in [2.75, 3.05) is 19.6 Å². The molecule has 0 bridgehead atoms. The Balaban J connectivity index is 0.00000220. The predicted molar refractivity (Wildman–Crippen MR) is 85.9 cm³/mol. The van der Waals surface area contributed by atoms with E-state index in [0.29, 0.717) is 11.5 Å². The van der Waals surface area contributed by atoms with E-state index in [2.05, 4.69) is 20.6 Å². The van der Waals surface area contributed by atoms with Crippen LogP contribution in [0.4, 0.5) is 0 Å². The normalized spacial score (nSPS) is 18.1. The van der Waals surface area contributed by atoms with E-state index in [4.69, 9.17) is 0 Å². The molecule has 0 aliphatic carbocycles. The molecule has 21 heavy (non-hydrogen) atoms. The molecule has 0 saturated carbocycles. The van der Waals surface area contributed by atoms with Gasteiger partial charge in [-0.15, -0.1) is 12.4 Å². The van der Waals surface area contributed by atoms with Crippen LogP contribution in [0.3, 0.4) is 0 Å². The van der Waals surface area contributed by atoms with Crippen molar-refractivity contribution in [3.05, 3.63) is 23.8 Å². The molecule has 2 rings (SSSR count). The van der Waals surface area contributed by atoms with Crippen molar-refractivity contribution in [2.45, 2.75) is 39.0 Å². The fourth-order valence-corrected chi connectivity index (χ4v) is 2.63. The van der Waals surface area contributed by atoms with Crippen molar-refractivity contribution in [2.24, 2.45) is 5.92 Å². The van der Waals surface area contributed by atoms with Gasteiger partial charge >= 0.3 is 0 Å². The number of nitrogens with one attached hydrogen (secondary N) is 2. The highest BCUT2D eigenvalue weighted by Gasteiger charge is 2.16. The highest BCUT2D eigenvalue weighted by atomic mass is 35.5. The second kappa shape index (κ2) is 8.95. The summed E-state index contributed by atoms with van der Waals surface area (Å²) in [7, 11) is 0. The van der Waals surface area contributed by atoms with E-state index < -0.39 is 0 Å². The van der Waals surface area contributed by atoms with Crippen LogP contribution in [0.15, 0.2) is 12.5 Å². The molecular formula is C15H25ClN4O. The fourth-order valence-electron chi connectivity index (χ4n) is 2.63. The van der Waals surface area contributed by atoms with E-state index in [-0.39, 0.29) is 24.2 Å². The largest absolute Gasteiger partial charge is 0.352 e. The third kappa shape index (κ3) is 5.25. The summed E-state index contributed by atoms with van der Waals surface area (Å²) in [4.78, 5) is 20.4. The number of hydrogen-bond acceptors (Lipinski definition) is 4. The minimum Gasteiger partial charge on any atom is -0.352 e. The number of amides is 1. The zero-order chi connectivity index (χ0) is 14.4. The summed E-state index contributed by atoms with van der Waals surface area (Å²) in [5, 5.41) is 6.39. The van der Waals surface area contributed by atoms with Gasteiger partial charge in [-0.3, -0.25) is 4.79 Å². The van der Waals surface area contributed by atoms with E-state index in [1.54, 1.807) is 6.20 Å². The average Bonchev–Trinajstić information content (AvgIpc) is 2.48. The summed E-state index contributed by atoms with van der Waals surface area (Å²) in [6.07, 6.45) is 6.64. The summed E-state index contributed by atoms with van der Waals surface area (Å²) in [6.45, 7) is 6.99. The van der Waals surface area contributed by atoms with Gasteiger partial charge in [0.2, 0.25) is 0 Å². The minimum atomic E-state index is -0.0573. The van der Waals surface area contributed by atoms with Crippen LogP contribution in [0.5, 0.6) is 0 Å². The number of carbonyl (C=O) groups excluding carboxylic acids is 1. The molecule has 1 aromatic rings. The fraction of sp³-hybridized carbons (Fsp3) is 0.667. The zero-order valence-corrected chi connectivity index (χ0v) is 13.6. The molecule has 1 saturated heterocycles. The predicted octanol–water partition coefficient (Wildman–Crippen LogP) is 2.14. The molecule has 118 valence electrons. The molecular weight excluding hydrogens is 288 g/mol. The van der Waals surface area contributed by atoms with Crippen molar-refractivity contribution < 1.29 is 4.79 Å². The highest BCUT2D eigenvalue weighted by Crippen LogP contribution is 2.16. The number of piperidine rings is 1. The first kappa shape index (κ1) is 17.9. The Hall–Kier alpha value is -1.20. The summed E-state index contributed by atoms with van der Waals surface area (Å²) in [5.41, 5.74) is 1.42. The Morgan fingerprint density at radius 3 is 3.00 bits per heavy atom. The molecule has 1 fully saturated rings. The number of nitrogens with zero attached hydrogens (tertiary/aromatic N) is 2. The first-order valence-corrected chi connectivity index (χ1v) is 7.47. The van der Waals surface area contributed by atoms with Crippen LogP contribution in [0.2, 0.25) is 0 Å². The second-order valence-corrected chi connectivity index (χ2v) is 5.73. The molecule has 0 radical (unpaired) electrons.